The molecule has 0 bridgehead atoms. The smallest absolute Gasteiger partial charge is 0.263 e. The molecule has 1 atom stereocenters. The lowest BCUT2D eigenvalue weighted by Gasteiger charge is -2.43. The molecule has 2 aromatic rings. The molecule has 5 rings (SSSR count). The number of hydrogen-bond acceptors (Lipinski definition) is 7. The van der Waals surface area contributed by atoms with Crippen LogP contribution in [-0.2, 0) is 5.54 Å². The molecular formula is C25H37ClN8O. The van der Waals surface area contributed by atoms with E-state index in [4.69, 9.17) is 22.4 Å². The summed E-state index contributed by atoms with van der Waals surface area (Å²) in [5.41, 5.74) is 8.11. The van der Waals surface area contributed by atoms with Crippen molar-refractivity contribution in [2.75, 3.05) is 54.0 Å². The first-order valence-electron chi connectivity index (χ1n) is 13.1. The van der Waals surface area contributed by atoms with Gasteiger partial charge in [0.05, 0.1) is 28.5 Å². The second-order valence-corrected chi connectivity index (χ2v) is 10.6. The monoisotopic (exact) mass is 500 g/mol. The SMILES string of the molecule is Nc1nn2c(c1C(=O)Nc1cnccc1N1CCNCC1)NCC(Cl)C21CCCCCCCCC1. The zero-order valence-electron chi connectivity index (χ0n) is 20.4. The largest absolute Gasteiger partial charge is 0.381 e. The molecule has 1 unspecified atom stereocenters. The highest BCUT2D eigenvalue weighted by Gasteiger charge is 2.46. The van der Waals surface area contributed by atoms with E-state index in [9.17, 15) is 4.79 Å². The minimum atomic E-state index is -0.327. The zero-order chi connectivity index (χ0) is 24.3. The summed E-state index contributed by atoms with van der Waals surface area (Å²) >= 11 is 6.99. The van der Waals surface area contributed by atoms with Crippen molar-refractivity contribution in [2.24, 2.45) is 0 Å². The van der Waals surface area contributed by atoms with Gasteiger partial charge in [-0.3, -0.25) is 9.78 Å². The van der Waals surface area contributed by atoms with Crippen molar-refractivity contribution in [3.05, 3.63) is 24.0 Å². The van der Waals surface area contributed by atoms with Gasteiger partial charge in [-0.1, -0.05) is 44.9 Å². The summed E-state index contributed by atoms with van der Waals surface area (Å²) in [6, 6.07) is 1.95. The number of pyridine rings is 1. The fourth-order valence-corrected chi connectivity index (χ4v) is 6.29. The van der Waals surface area contributed by atoms with E-state index in [0.29, 0.717) is 23.6 Å². The van der Waals surface area contributed by atoms with Crippen LogP contribution in [0.15, 0.2) is 18.5 Å². The Morgan fingerprint density at radius 1 is 1.11 bits per heavy atom. The molecule has 10 heteroatoms. The summed E-state index contributed by atoms with van der Waals surface area (Å²) in [7, 11) is 0. The normalized spacial score (nSPS) is 22.8. The summed E-state index contributed by atoms with van der Waals surface area (Å²) in [4.78, 5) is 20.1. The summed E-state index contributed by atoms with van der Waals surface area (Å²) in [5, 5.41) is 14.4. The van der Waals surface area contributed by atoms with Gasteiger partial charge in [-0.2, -0.15) is 5.10 Å². The number of nitrogens with one attached hydrogen (secondary N) is 3. The predicted molar refractivity (Wildman–Crippen MR) is 142 cm³/mol. The molecule has 9 nitrogen and oxygen atoms in total. The van der Waals surface area contributed by atoms with Crippen LogP contribution in [0.1, 0.15) is 68.1 Å². The van der Waals surface area contributed by atoms with Gasteiger partial charge in [0.25, 0.3) is 5.91 Å². The van der Waals surface area contributed by atoms with Crippen LogP contribution < -0.4 is 26.6 Å². The third-order valence-electron chi connectivity index (χ3n) is 7.82. The fourth-order valence-electron chi connectivity index (χ4n) is 5.90. The van der Waals surface area contributed by atoms with Crippen LogP contribution in [0.3, 0.4) is 0 Å². The summed E-state index contributed by atoms with van der Waals surface area (Å²) in [6.07, 6.45) is 13.8. The van der Waals surface area contributed by atoms with Crippen LogP contribution in [0.25, 0.3) is 0 Å². The lowest BCUT2D eigenvalue weighted by Crippen LogP contribution is -2.50. The lowest BCUT2D eigenvalue weighted by molar-refractivity contribution is 0.102. The first kappa shape index (κ1) is 24.2. The maximum atomic E-state index is 13.6. The number of carbonyl (C=O) groups is 1. The van der Waals surface area contributed by atoms with E-state index in [1.165, 1.54) is 32.1 Å². The number of nitrogens with zero attached hydrogens (tertiary/aromatic N) is 4. The Morgan fingerprint density at radius 2 is 1.80 bits per heavy atom. The molecule has 2 aromatic heterocycles. The molecule has 1 amide bonds. The van der Waals surface area contributed by atoms with E-state index in [1.807, 2.05) is 10.7 Å². The average molecular weight is 501 g/mol. The number of hydrogen-bond donors (Lipinski definition) is 4. The lowest BCUT2D eigenvalue weighted by atomic mass is 9.81. The van der Waals surface area contributed by atoms with Crippen LogP contribution in [0.5, 0.6) is 0 Å². The molecule has 1 aliphatic carbocycles. The predicted octanol–water partition coefficient (Wildman–Crippen LogP) is 3.77. The van der Waals surface area contributed by atoms with Gasteiger partial charge in [-0.05, 0) is 18.9 Å². The quantitative estimate of drug-likeness (QED) is 0.474. The van der Waals surface area contributed by atoms with E-state index in [0.717, 1.165) is 57.5 Å². The van der Waals surface area contributed by atoms with E-state index in [2.05, 4.69) is 25.8 Å². The van der Waals surface area contributed by atoms with Crippen LogP contribution in [0, 0.1) is 0 Å². The molecule has 5 N–H and O–H groups in total. The van der Waals surface area contributed by atoms with Crippen molar-refractivity contribution >= 4 is 40.5 Å². The van der Waals surface area contributed by atoms with E-state index < -0.39 is 0 Å². The molecule has 0 radical (unpaired) electrons. The van der Waals surface area contributed by atoms with Gasteiger partial charge in [0.1, 0.15) is 11.4 Å². The number of aromatic nitrogens is 3. The van der Waals surface area contributed by atoms with Crippen molar-refractivity contribution in [3.63, 3.8) is 0 Å². The number of fused-ring (bicyclic) bond motifs is 2. The minimum Gasteiger partial charge on any atom is -0.381 e. The van der Waals surface area contributed by atoms with Crippen LogP contribution in [-0.4, -0.2) is 58.8 Å². The zero-order valence-corrected chi connectivity index (χ0v) is 21.1. The maximum Gasteiger partial charge on any atom is 0.263 e. The second kappa shape index (κ2) is 10.6. The number of rotatable bonds is 3. The fraction of sp³-hybridized carbons (Fsp3) is 0.640. The Kier molecular flexibility index (Phi) is 7.34. The van der Waals surface area contributed by atoms with Crippen LogP contribution >= 0.6 is 11.6 Å². The molecule has 1 saturated carbocycles. The highest BCUT2D eigenvalue weighted by Crippen LogP contribution is 2.44. The molecule has 2 aliphatic heterocycles. The van der Waals surface area contributed by atoms with Crippen molar-refractivity contribution in [1.82, 2.24) is 20.1 Å². The number of halogens is 1. The number of anilines is 4. The van der Waals surface area contributed by atoms with Gasteiger partial charge in [0.15, 0.2) is 5.82 Å². The number of carbonyl (C=O) groups excluding carboxylic acids is 1. The van der Waals surface area contributed by atoms with Crippen molar-refractivity contribution in [3.8, 4) is 0 Å². The van der Waals surface area contributed by atoms with Gasteiger partial charge in [-0.15, -0.1) is 11.6 Å². The average Bonchev–Trinajstić information content (AvgIpc) is 3.23. The van der Waals surface area contributed by atoms with Gasteiger partial charge in [-0.25, -0.2) is 4.68 Å². The molecule has 35 heavy (non-hydrogen) atoms. The first-order chi connectivity index (χ1) is 17.1. The second-order valence-electron chi connectivity index (χ2n) is 10.0. The Bertz CT molecular complexity index is 1020. The standard InChI is InChI=1S/C25H37ClN8O/c26-20-17-30-23-21(22(27)32-34(23)25(20)9-6-4-2-1-3-5-7-10-25)24(35)31-18-16-29-11-8-19(18)33-14-12-28-13-15-33/h8,11,16,20,28,30H,1-7,9-10,12-15,17H2,(H2,27,32)(H,31,35). The third kappa shape index (κ3) is 4.80. The van der Waals surface area contributed by atoms with Crippen molar-refractivity contribution in [1.29, 1.82) is 0 Å². The number of piperazine rings is 1. The Morgan fingerprint density at radius 3 is 2.51 bits per heavy atom. The van der Waals surface area contributed by atoms with E-state index in [1.54, 1.807) is 12.4 Å². The minimum absolute atomic E-state index is 0.109. The van der Waals surface area contributed by atoms with Crippen LogP contribution in [0.2, 0.25) is 0 Å². The molecule has 4 heterocycles. The molecule has 2 fully saturated rings. The Hall–Kier alpha value is -2.52. The van der Waals surface area contributed by atoms with E-state index >= 15 is 0 Å². The van der Waals surface area contributed by atoms with Gasteiger partial charge >= 0.3 is 0 Å². The maximum absolute atomic E-state index is 13.6. The molecule has 3 aliphatic rings. The summed E-state index contributed by atoms with van der Waals surface area (Å²) < 4.78 is 1.96. The van der Waals surface area contributed by atoms with Gasteiger partial charge in [0, 0.05) is 38.9 Å². The number of alkyl halides is 1. The summed E-state index contributed by atoms with van der Waals surface area (Å²) in [5.74, 6) is 0.644. The van der Waals surface area contributed by atoms with Gasteiger partial charge in [0.2, 0.25) is 0 Å². The Labute approximate surface area is 212 Å². The molecule has 1 saturated heterocycles. The van der Waals surface area contributed by atoms with E-state index in [-0.39, 0.29) is 22.6 Å². The number of amides is 1. The number of nitrogen functional groups attached to an aromatic ring is 1. The summed E-state index contributed by atoms with van der Waals surface area (Å²) in [6.45, 7) is 4.15. The van der Waals surface area contributed by atoms with Crippen molar-refractivity contribution < 1.29 is 4.79 Å². The Balaban J connectivity index is 1.45. The molecule has 1 spiro atoms. The van der Waals surface area contributed by atoms with Crippen molar-refractivity contribution in [2.45, 2.75) is 68.7 Å². The topological polar surface area (TPSA) is 113 Å². The van der Waals surface area contributed by atoms with Crippen LogP contribution in [0.4, 0.5) is 23.0 Å². The third-order valence-corrected chi connectivity index (χ3v) is 8.38. The number of nitrogens with two attached hydrogens (primary N) is 1. The molecule has 0 aromatic carbocycles. The highest BCUT2D eigenvalue weighted by molar-refractivity contribution is 6.22. The molecule has 190 valence electrons. The first-order valence-corrected chi connectivity index (χ1v) is 13.5. The molecular weight excluding hydrogens is 464 g/mol. The van der Waals surface area contributed by atoms with Gasteiger partial charge < -0.3 is 26.6 Å². The highest BCUT2D eigenvalue weighted by atomic mass is 35.5.